The predicted molar refractivity (Wildman–Crippen MR) is 95.8 cm³/mol. The van der Waals surface area contributed by atoms with Crippen LogP contribution in [-0.2, 0) is 4.74 Å². The van der Waals surface area contributed by atoms with Gasteiger partial charge in [0.15, 0.2) is 0 Å². The van der Waals surface area contributed by atoms with E-state index >= 15 is 0 Å². The van der Waals surface area contributed by atoms with Gasteiger partial charge in [-0.3, -0.25) is 0 Å². The minimum absolute atomic E-state index is 0.484. The number of ether oxygens (including phenoxy) is 2. The Balaban J connectivity index is 1.72. The molecule has 1 fully saturated rings. The normalized spacial score (nSPS) is 29.2. The molecular formula is C20H20O6. The van der Waals surface area contributed by atoms with E-state index < -0.39 is 37.3 Å². The number of rotatable bonds is 3. The van der Waals surface area contributed by atoms with Crippen molar-refractivity contribution < 1.29 is 29.9 Å². The maximum Gasteiger partial charge on any atom is 0.229 e. The van der Waals surface area contributed by atoms with Gasteiger partial charge in [-0.2, -0.15) is 0 Å². The molecule has 4 rings (SSSR count). The van der Waals surface area contributed by atoms with Gasteiger partial charge >= 0.3 is 0 Å². The quantitative estimate of drug-likeness (QED) is 0.526. The van der Waals surface area contributed by atoms with Gasteiger partial charge in [0.1, 0.15) is 30.2 Å². The highest BCUT2D eigenvalue weighted by Crippen LogP contribution is 2.33. The molecule has 5 atom stereocenters. The molecule has 1 saturated heterocycles. The monoisotopic (exact) mass is 356 g/mol. The fraction of sp³-hybridized carbons (Fsp3) is 0.300. The van der Waals surface area contributed by atoms with Gasteiger partial charge < -0.3 is 29.9 Å². The first-order valence-electron chi connectivity index (χ1n) is 8.48. The number of hydrogen-bond acceptors (Lipinski definition) is 6. The fourth-order valence-electron chi connectivity index (χ4n) is 3.40. The second kappa shape index (κ2) is 6.83. The lowest BCUT2D eigenvalue weighted by atomic mass is 9.99. The van der Waals surface area contributed by atoms with Crippen LogP contribution in [-0.4, -0.2) is 57.7 Å². The molecule has 1 aliphatic rings. The van der Waals surface area contributed by atoms with Crippen LogP contribution in [0.5, 0.6) is 5.75 Å². The minimum atomic E-state index is -1.47. The van der Waals surface area contributed by atoms with E-state index in [1.807, 2.05) is 48.5 Å². The summed E-state index contributed by atoms with van der Waals surface area (Å²) in [4.78, 5) is 0. The van der Waals surface area contributed by atoms with Gasteiger partial charge in [0, 0.05) is 5.39 Å². The van der Waals surface area contributed by atoms with Gasteiger partial charge in [-0.1, -0.05) is 48.5 Å². The van der Waals surface area contributed by atoms with Crippen LogP contribution in [0, 0.1) is 0 Å². The highest BCUT2D eigenvalue weighted by Gasteiger charge is 2.44. The summed E-state index contributed by atoms with van der Waals surface area (Å²) in [7, 11) is 0. The van der Waals surface area contributed by atoms with Gasteiger partial charge in [0.05, 0.1) is 6.61 Å². The van der Waals surface area contributed by atoms with Crippen molar-refractivity contribution >= 4 is 21.5 Å². The number of aliphatic hydroxyl groups excluding tert-OH is 4. The van der Waals surface area contributed by atoms with E-state index in [1.165, 1.54) is 0 Å². The van der Waals surface area contributed by atoms with Gasteiger partial charge in [-0.05, 0) is 22.2 Å². The smallest absolute Gasteiger partial charge is 0.229 e. The van der Waals surface area contributed by atoms with Crippen LogP contribution < -0.4 is 4.74 Å². The standard InChI is InChI=1S/C20H20O6/c21-10-16-17(22)18(23)19(24)20(26-16)25-15-7-3-6-13-12-5-2-1-4-11(12)8-9-14(13)15/h1-9,16-24H,10H2/t16-,17-,18+,19-,20-/m1/s1. The molecule has 0 saturated carbocycles. The molecule has 0 radical (unpaired) electrons. The van der Waals surface area contributed by atoms with Gasteiger partial charge in [-0.25, -0.2) is 0 Å². The number of fused-ring (bicyclic) bond motifs is 3. The molecule has 26 heavy (non-hydrogen) atoms. The minimum Gasteiger partial charge on any atom is -0.461 e. The van der Waals surface area contributed by atoms with Crippen LogP contribution in [0.25, 0.3) is 21.5 Å². The summed E-state index contributed by atoms with van der Waals surface area (Å²) in [5, 5.41) is 43.3. The number of benzene rings is 3. The molecule has 0 aromatic heterocycles. The molecule has 3 aromatic rings. The molecular weight excluding hydrogens is 336 g/mol. The zero-order chi connectivity index (χ0) is 18.3. The Morgan fingerprint density at radius 2 is 1.54 bits per heavy atom. The molecule has 1 aliphatic heterocycles. The highest BCUT2D eigenvalue weighted by atomic mass is 16.7. The molecule has 0 bridgehead atoms. The average molecular weight is 356 g/mol. The van der Waals surface area contributed by atoms with Crippen LogP contribution >= 0.6 is 0 Å². The molecule has 3 aromatic carbocycles. The zero-order valence-electron chi connectivity index (χ0n) is 13.9. The SMILES string of the molecule is OC[C@H]1O[C@@H](Oc2cccc3c2ccc2ccccc23)[C@H](O)[C@@H](O)[C@@H]1O. The lowest BCUT2D eigenvalue weighted by molar-refractivity contribution is -0.277. The molecule has 0 amide bonds. The first-order chi connectivity index (χ1) is 12.6. The molecule has 136 valence electrons. The van der Waals surface area contributed by atoms with Crippen LogP contribution in [0.3, 0.4) is 0 Å². The van der Waals surface area contributed by atoms with Crippen LogP contribution in [0.4, 0.5) is 0 Å². The summed E-state index contributed by atoms with van der Waals surface area (Å²) < 4.78 is 11.3. The van der Waals surface area contributed by atoms with Crippen molar-refractivity contribution in [3.63, 3.8) is 0 Å². The Hall–Kier alpha value is -2.22. The Morgan fingerprint density at radius 3 is 2.35 bits per heavy atom. The van der Waals surface area contributed by atoms with Crippen molar-refractivity contribution in [1.29, 1.82) is 0 Å². The Morgan fingerprint density at radius 1 is 0.769 bits per heavy atom. The van der Waals surface area contributed by atoms with Crippen molar-refractivity contribution in [2.24, 2.45) is 0 Å². The maximum atomic E-state index is 10.2. The molecule has 1 heterocycles. The van der Waals surface area contributed by atoms with Gasteiger partial charge in [0.2, 0.25) is 6.29 Å². The fourth-order valence-corrected chi connectivity index (χ4v) is 3.40. The third kappa shape index (κ3) is 2.82. The Bertz CT molecular complexity index is 924. The van der Waals surface area contributed by atoms with Crippen molar-refractivity contribution in [2.75, 3.05) is 6.61 Å². The summed E-state index contributed by atoms with van der Waals surface area (Å²) in [5.74, 6) is 0.484. The summed E-state index contributed by atoms with van der Waals surface area (Å²) in [6.45, 7) is -0.495. The van der Waals surface area contributed by atoms with Crippen LogP contribution in [0.1, 0.15) is 0 Å². The van der Waals surface area contributed by atoms with E-state index in [4.69, 9.17) is 9.47 Å². The largest absolute Gasteiger partial charge is 0.461 e. The van der Waals surface area contributed by atoms with E-state index in [0.29, 0.717) is 5.75 Å². The topological polar surface area (TPSA) is 99.4 Å². The van der Waals surface area contributed by atoms with Crippen molar-refractivity contribution in [1.82, 2.24) is 0 Å². The summed E-state index contributed by atoms with van der Waals surface area (Å²) in [6, 6.07) is 17.5. The summed E-state index contributed by atoms with van der Waals surface area (Å²) in [5.41, 5.74) is 0. The van der Waals surface area contributed by atoms with Crippen molar-refractivity contribution in [3.05, 3.63) is 54.6 Å². The number of aliphatic hydroxyl groups is 4. The lowest BCUT2D eigenvalue weighted by Crippen LogP contribution is -2.60. The highest BCUT2D eigenvalue weighted by molar-refractivity contribution is 6.09. The van der Waals surface area contributed by atoms with E-state index in [0.717, 1.165) is 21.5 Å². The molecule has 6 heteroatoms. The van der Waals surface area contributed by atoms with Gasteiger partial charge in [0.25, 0.3) is 0 Å². The first-order valence-corrected chi connectivity index (χ1v) is 8.48. The van der Waals surface area contributed by atoms with Crippen LogP contribution in [0.2, 0.25) is 0 Å². The van der Waals surface area contributed by atoms with Crippen LogP contribution in [0.15, 0.2) is 54.6 Å². The maximum absolute atomic E-state index is 10.2. The zero-order valence-corrected chi connectivity index (χ0v) is 13.9. The third-order valence-corrected chi connectivity index (χ3v) is 4.84. The predicted octanol–water partition coefficient (Wildman–Crippen LogP) is 1.17. The Labute approximate surface area is 149 Å². The van der Waals surface area contributed by atoms with Crippen molar-refractivity contribution in [3.8, 4) is 5.75 Å². The molecule has 0 unspecified atom stereocenters. The van der Waals surface area contributed by atoms with E-state index in [2.05, 4.69) is 0 Å². The number of hydrogen-bond donors (Lipinski definition) is 4. The Kier molecular flexibility index (Phi) is 4.52. The molecule has 4 N–H and O–H groups in total. The average Bonchev–Trinajstić information content (AvgIpc) is 2.68. The third-order valence-electron chi connectivity index (χ3n) is 4.84. The second-order valence-corrected chi connectivity index (χ2v) is 6.45. The van der Waals surface area contributed by atoms with E-state index in [-0.39, 0.29) is 0 Å². The molecule has 0 spiro atoms. The second-order valence-electron chi connectivity index (χ2n) is 6.45. The van der Waals surface area contributed by atoms with Crippen molar-refractivity contribution in [2.45, 2.75) is 30.7 Å². The van der Waals surface area contributed by atoms with E-state index in [1.54, 1.807) is 6.07 Å². The summed E-state index contributed by atoms with van der Waals surface area (Å²) in [6.07, 6.45) is -6.53. The van der Waals surface area contributed by atoms with E-state index in [9.17, 15) is 20.4 Å². The lowest BCUT2D eigenvalue weighted by Gasteiger charge is -2.39. The first kappa shape index (κ1) is 17.2. The molecule has 0 aliphatic carbocycles. The summed E-state index contributed by atoms with van der Waals surface area (Å²) >= 11 is 0. The van der Waals surface area contributed by atoms with Gasteiger partial charge in [-0.15, -0.1) is 0 Å². The molecule has 6 nitrogen and oxygen atoms in total.